The van der Waals surface area contributed by atoms with E-state index in [0.717, 1.165) is 5.92 Å². The minimum absolute atomic E-state index is 0.265. The summed E-state index contributed by atoms with van der Waals surface area (Å²) in [6.07, 6.45) is 2.60. The van der Waals surface area contributed by atoms with Crippen LogP contribution in [-0.4, -0.2) is 5.97 Å². The van der Waals surface area contributed by atoms with Crippen LogP contribution in [0.3, 0.4) is 0 Å². The number of carbonyl (C=O) groups is 1. The van der Waals surface area contributed by atoms with E-state index in [4.69, 9.17) is 4.74 Å². The van der Waals surface area contributed by atoms with E-state index in [-0.39, 0.29) is 5.97 Å². The van der Waals surface area contributed by atoms with Gasteiger partial charge in [-0.05, 0) is 36.5 Å². The third-order valence-electron chi connectivity index (χ3n) is 2.19. The molecule has 0 spiro atoms. The number of carbonyl (C=O) groups excluding carboxylic acids is 1. The van der Waals surface area contributed by atoms with E-state index in [2.05, 4.69) is 0 Å². The van der Waals surface area contributed by atoms with Gasteiger partial charge in [0.1, 0.15) is 5.75 Å². The highest BCUT2D eigenvalue weighted by Gasteiger charge is 2.22. The van der Waals surface area contributed by atoms with Gasteiger partial charge in [0.25, 0.3) is 0 Å². The second-order valence-corrected chi connectivity index (χ2v) is 3.44. The largest absolute Gasteiger partial charge is 0.427 e. The van der Waals surface area contributed by atoms with Gasteiger partial charge in [-0.15, -0.1) is 0 Å². The predicted octanol–water partition coefficient (Wildman–Crippen LogP) is 2.49. The summed E-state index contributed by atoms with van der Waals surface area (Å²) in [5, 5.41) is 0. The maximum atomic E-state index is 10.6. The maximum Gasteiger partial charge on any atom is 0.308 e. The first-order chi connectivity index (χ1) is 6.25. The minimum Gasteiger partial charge on any atom is -0.427 e. The zero-order chi connectivity index (χ0) is 9.26. The molecule has 1 aromatic carbocycles. The Hall–Kier alpha value is -1.31. The van der Waals surface area contributed by atoms with Crippen LogP contribution in [0.1, 0.15) is 31.2 Å². The maximum absolute atomic E-state index is 10.6. The Balaban J connectivity index is 2.08. The monoisotopic (exact) mass is 176 g/mol. The summed E-state index contributed by atoms with van der Waals surface area (Å²) in [4.78, 5) is 10.6. The van der Waals surface area contributed by atoms with Crippen LogP contribution in [0.5, 0.6) is 5.75 Å². The van der Waals surface area contributed by atoms with Crippen molar-refractivity contribution in [2.75, 3.05) is 0 Å². The molecule has 2 rings (SSSR count). The van der Waals surface area contributed by atoms with E-state index in [1.165, 1.54) is 25.3 Å². The number of esters is 1. The van der Waals surface area contributed by atoms with Crippen molar-refractivity contribution in [2.45, 2.75) is 25.7 Å². The lowest BCUT2D eigenvalue weighted by atomic mass is 10.1. The van der Waals surface area contributed by atoms with Crippen molar-refractivity contribution >= 4 is 5.97 Å². The molecule has 0 bridgehead atoms. The van der Waals surface area contributed by atoms with Crippen molar-refractivity contribution in [3.8, 4) is 5.75 Å². The lowest BCUT2D eigenvalue weighted by Crippen LogP contribution is -2.00. The number of benzene rings is 1. The molecule has 0 heterocycles. The van der Waals surface area contributed by atoms with Crippen LogP contribution >= 0.6 is 0 Å². The molecule has 0 atom stereocenters. The van der Waals surface area contributed by atoms with Crippen LogP contribution in [0.15, 0.2) is 24.3 Å². The molecular weight excluding hydrogens is 164 g/mol. The fourth-order valence-corrected chi connectivity index (χ4v) is 1.39. The smallest absolute Gasteiger partial charge is 0.308 e. The minimum atomic E-state index is -0.265. The molecule has 68 valence electrons. The van der Waals surface area contributed by atoms with E-state index in [0.29, 0.717) is 5.75 Å². The normalized spacial score (nSPS) is 15.5. The van der Waals surface area contributed by atoms with Gasteiger partial charge in [0.05, 0.1) is 0 Å². The topological polar surface area (TPSA) is 26.3 Å². The number of rotatable bonds is 2. The van der Waals surface area contributed by atoms with E-state index in [1.807, 2.05) is 24.3 Å². The van der Waals surface area contributed by atoms with E-state index in [1.54, 1.807) is 0 Å². The number of ether oxygens (including phenoxy) is 1. The quantitative estimate of drug-likeness (QED) is 0.511. The molecule has 0 aromatic heterocycles. The SMILES string of the molecule is CC(=O)Oc1ccc(C2CC2)cc1. The molecule has 0 amide bonds. The summed E-state index contributed by atoms with van der Waals surface area (Å²) in [6, 6.07) is 7.79. The Kier molecular flexibility index (Phi) is 2.05. The first kappa shape index (κ1) is 8.30. The molecule has 0 unspecified atom stereocenters. The summed E-state index contributed by atoms with van der Waals surface area (Å²) in [5.41, 5.74) is 1.36. The van der Waals surface area contributed by atoms with Crippen LogP contribution in [0.4, 0.5) is 0 Å². The Bertz CT molecular complexity index is 309. The lowest BCUT2D eigenvalue weighted by molar-refractivity contribution is -0.131. The zero-order valence-electron chi connectivity index (χ0n) is 7.62. The molecule has 1 fully saturated rings. The fourth-order valence-electron chi connectivity index (χ4n) is 1.39. The molecule has 0 N–H and O–H groups in total. The Labute approximate surface area is 77.5 Å². The summed E-state index contributed by atoms with van der Waals surface area (Å²) >= 11 is 0. The van der Waals surface area contributed by atoms with Crippen LogP contribution in [0, 0.1) is 0 Å². The van der Waals surface area contributed by atoms with Crippen LogP contribution < -0.4 is 4.74 Å². The van der Waals surface area contributed by atoms with Crippen molar-refractivity contribution in [3.63, 3.8) is 0 Å². The molecule has 0 aliphatic heterocycles. The van der Waals surface area contributed by atoms with Gasteiger partial charge in [-0.3, -0.25) is 4.79 Å². The standard InChI is InChI=1S/C11H12O2/c1-8(12)13-11-6-4-10(5-7-11)9-2-3-9/h4-7,9H,2-3H2,1H3. The number of hydrogen-bond donors (Lipinski definition) is 0. The second-order valence-electron chi connectivity index (χ2n) is 3.44. The van der Waals surface area contributed by atoms with Crippen molar-refractivity contribution in [3.05, 3.63) is 29.8 Å². The molecule has 2 nitrogen and oxygen atoms in total. The summed E-state index contributed by atoms with van der Waals surface area (Å²) < 4.78 is 4.93. The molecule has 2 heteroatoms. The highest BCUT2D eigenvalue weighted by Crippen LogP contribution is 2.40. The van der Waals surface area contributed by atoms with Gasteiger partial charge in [-0.2, -0.15) is 0 Å². The van der Waals surface area contributed by atoms with Gasteiger partial charge in [0.15, 0.2) is 0 Å². The molecule has 0 radical (unpaired) electrons. The van der Waals surface area contributed by atoms with E-state index in [9.17, 15) is 4.79 Å². The van der Waals surface area contributed by atoms with Crippen LogP contribution in [0.25, 0.3) is 0 Å². The van der Waals surface area contributed by atoms with Gasteiger partial charge >= 0.3 is 5.97 Å². The molecular formula is C11H12O2. The average Bonchev–Trinajstić information content (AvgIpc) is 2.87. The van der Waals surface area contributed by atoms with Crippen molar-refractivity contribution < 1.29 is 9.53 Å². The van der Waals surface area contributed by atoms with Crippen molar-refractivity contribution in [1.82, 2.24) is 0 Å². The first-order valence-electron chi connectivity index (χ1n) is 4.54. The predicted molar refractivity (Wildman–Crippen MR) is 49.7 cm³/mol. The third-order valence-corrected chi connectivity index (χ3v) is 2.19. The summed E-state index contributed by atoms with van der Waals surface area (Å²) in [7, 11) is 0. The number of hydrogen-bond acceptors (Lipinski definition) is 2. The van der Waals surface area contributed by atoms with Gasteiger partial charge in [-0.25, -0.2) is 0 Å². The highest BCUT2D eigenvalue weighted by molar-refractivity contribution is 5.69. The molecule has 1 saturated carbocycles. The zero-order valence-corrected chi connectivity index (χ0v) is 7.62. The Morgan fingerprint density at radius 1 is 1.31 bits per heavy atom. The lowest BCUT2D eigenvalue weighted by Gasteiger charge is -2.01. The van der Waals surface area contributed by atoms with Gasteiger partial charge in [-0.1, -0.05) is 12.1 Å². The van der Waals surface area contributed by atoms with E-state index < -0.39 is 0 Å². The van der Waals surface area contributed by atoms with Gasteiger partial charge in [0, 0.05) is 6.92 Å². The Morgan fingerprint density at radius 3 is 2.38 bits per heavy atom. The third kappa shape index (κ3) is 2.08. The molecule has 0 saturated heterocycles. The van der Waals surface area contributed by atoms with Crippen molar-refractivity contribution in [2.24, 2.45) is 0 Å². The highest BCUT2D eigenvalue weighted by atomic mass is 16.5. The molecule has 1 aliphatic rings. The van der Waals surface area contributed by atoms with Gasteiger partial charge < -0.3 is 4.74 Å². The fraction of sp³-hybridized carbons (Fsp3) is 0.364. The van der Waals surface area contributed by atoms with Crippen LogP contribution in [0.2, 0.25) is 0 Å². The van der Waals surface area contributed by atoms with E-state index >= 15 is 0 Å². The summed E-state index contributed by atoms with van der Waals surface area (Å²) in [6.45, 7) is 1.41. The molecule has 1 aromatic rings. The van der Waals surface area contributed by atoms with Crippen molar-refractivity contribution in [1.29, 1.82) is 0 Å². The first-order valence-corrected chi connectivity index (χ1v) is 4.54. The van der Waals surface area contributed by atoms with Crippen LogP contribution in [-0.2, 0) is 4.79 Å². The van der Waals surface area contributed by atoms with Gasteiger partial charge in [0.2, 0.25) is 0 Å². The molecule has 1 aliphatic carbocycles. The summed E-state index contributed by atoms with van der Waals surface area (Å²) in [5.74, 6) is 1.13. The average molecular weight is 176 g/mol. The second kappa shape index (κ2) is 3.21. The molecule has 13 heavy (non-hydrogen) atoms. The Morgan fingerprint density at radius 2 is 1.92 bits per heavy atom.